The van der Waals surface area contributed by atoms with Crippen LogP contribution >= 0.6 is 27.3 Å². The molecule has 1 rings (SSSR count). The van der Waals surface area contributed by atoms with Crippen molar-refractivity contribution in [1.82, 2.24) is 4.31 Å². The van der Waals surface area contributed by atoms with E-state index in [1.54, 1.807) is 20.3 Å². The average molecular weight is 386 g/mol. The molecule has 0 spiro atoms. The van der Waals surface area contributed by atoms with Gasteiger partial charge in [0.05, 0.1) is 15.3 Å². The van der Waals surface area contributed by atoms with Crippen molar-refractivity contribution in [3.8, 4) is 0 Å². The zero-order chi connectivity index (χ0) is 15.2. The second-order valence-electron chi connectivity index (χ2n) is 4.21. The molecule has 1 aromatic rings. The number of aryl methyl sites for hydroxylation is 1. The number of sulfonamides is 1. The Morgan fingerprint density at radius 3 is 2.40 bits per heavy atom. The molecular weight excluding hydrogens is 366 g/mol. The van der Waals surface area contributed by atoms with Gasteiger partial charge in [0.1, 0.15) is 0 Å². The third kappa shape index (κ3) is 4.78. The van der Waals surface area contributed by atoms with E-state index in [1.165, 1.54) is 15.6 Å². The summed E-state index contributed by atoms with van der Waals surface area (Å²) in [7, 11) is -0.318. The van der Waals surface area contributed by atoms with E-state index in [4.69, 9.17) is 9.47 Å². The monoisotopic (exact) mass is 385 g/mol. The standard InChI is InChI=1S/C12H20BrNO4S2/c1-10-11(9-12(13)19-10)20(15,16)14(6-8-18-3)5-4-7-17-2/h9H,4-8H2,1-3H3. The Morgan fingerprint density at radius 1 is 1.25 bits per heavy atom. The number of halogens is 1. The number of nitrogens with zero attached hydrogens (tertiary/aromatic N) is 1. The highest BCUT2D eigenvalue weighted by atomic mass is 79.9. The van der Waals surface area contributed by atoms with Crippen LogP contribution < -0.4 is 0 Å². The summed E-state index contributed by atoms with van der Waals surface area (Å²) < 4.78 is 37.6. The summed E-state index contributed by atoms with van der Waals surface area (Å²) in [5.74, 6) is 0. The van der Waals surface area contributed by atoms with Crippen LogP contribution in [0.25, 0.3) is 0 Å². The molecule has 0 amide bonds. The van der Waals surface area contributed by atoms with Gasteiger partial charge in [-0.25, -0.2) is 8.42 Å². The number of ether oxygens (including phenoxy) is 2. The molecule has 0 aliphatic carbocycles. The van der Waals surface area contributed by atoms with Gasteiger partial charge in [0.25, 0.3) is 0 Å². The molecule has 0 aromatic carbocycles. The van der Waals surface area contributed by atoms with Gasteiger partial charge in [0.2, 0.25) is 10.0 Å². The Hall–Kier alpha value is 0.01000. The first-order valence-electron chi connectivity index (χ1n) is 6.17. The molecule has 0 radical (unpaired) electrons. The SMILES string of the molecule is COCCCN(CCOC)S(=O)(=O)c1cc(Br)sc1C. The summed E-state index contributed by atoms with van der Waals surface area (Å²) in [5.41, 5.74) is 0. The van der Waals surface area contributed by atoms with Crippen LogP contribution in [0.4, 0.5) is 0 Å². The van der Waals surface area contributed by atoms with Crippen LogP contribution in [-0.4, -0.2) is 53.2 Å². The van der Waals surface area contributed by atoms with Crippen LogP contribution in [0.2, 0.25) is 0 Å². The second kappa shape index (κ2) is 8.45. The molecule has 1 heterocycles. The second-order valence-corrected chi connectivity index (χ2v) is 8.76. The molecule has 116 valence electrons. The van der Waals surface area contributed by atoms with E-state index in [9.17, 15) is 8.42 Å². The fourth-order valence-corrected chi connectivity index (χ4v) is 5.60. The van der Waals surface area contributed by atoms with E-state index < -0.39 is 10.0 Å². The van der Waals surface area contributed by atoms with Crippen molar-refractivity contribution in [2.45, 2.75) is 18.2 Å². The lowest BCUT2D eigenvalue weighted by Crippen LogP contribution is -2.35. The third-order valence-electron chi connectivity index (χ3n) is 2.76. The van der Waals surface area contributed by atoms with Crippen molar-refractivity contribution in [2.24, 2.45) is 0 Å². The van der Waals surface area contributed by atoms with E-state index in [0.29, 0.717) is 37.6 Å². The highest BCUT2D eigenvalue weighted by Crippen LogP contribution is 2.31. The topological polar surface area (TPSA) is 55.8 Å². The molecular formula is C12H20BrNO4S2. The fraction of sp³-hybridized carbons (Fsp3) is 0.667. The first-order chi connectivity index (χ1) is 9.43. The van der Waals surface area contributed by atoms with Gasteiger partial charge < -0.3 is 9.47 Å². The Morgan fingerprint density at radius 2 is 1.90 bits per heavy atom. The van der Waals surface area contributed by atoms with Crippen molar-refractivity contribution in [3.63, 3.8) is 0 Å². The predicted molar refractivity (Wildman–Crippen MR) is 83.9 cm³/mol. The Bertz CT molecular complexity index is 516. The maximum Gasteiger partial charge on any atom is 0.244 e. The van der Waals surface area contributed by atoms with Crippen LogP contribution in [0.15, 0.2) is 14.7 Å². The molecule has 0 bridgehead atoms. The van der Waals surface area contributed by atoms with Gasteiger partial charge in [-0.1, -0.05) is 0 Å². The normalized spacial score (nSPS) is 12.2. The minimum atomic E-state index is -3.49. The van der Waals surface area contributed by atoms with E-state index in [1.807, 2.05) is 6.92 Å². The van der Waals surface area contributed by atoms with Crippen molar-refractivity contribution in [1.29, 1.82) is 0 Å². The average Bonchev–Trinajstić information content (AvgIpc) is 2.73. The van der Waals surface area contributed by atoms with Crippen molar-refractivity contribution in [2.75, 3.05) is 40.5 Å². The van der Waals surface area contributed by atoms with Gasteiger partial charge in [-0.3, -0.25) is 0 Å². The number of hydrogen-bond acceptors (Lipinski definition) is 5. The molecule has 0 saturated carbocycles. The zero-order valence-electron chi connectivity index (χ0n) is 11.9. The molecule has 8 heteroatoms. The summed E-state index contributed by atoms with van der Waals surface area (Å²) in [6.07, 6.45) is 0.657. The van der Waals surface area contributed by atoms with Gasteiger partial charge in [-0.05, 0) is 35.3 Å². The molecule has 0 unspecified atom stereocenters. The molecule has 0 aliphatic heterocycles. The Labute approximate surface area is 133 Å². The molecule has 0 aliphatic rings. The van der Waals surface area contributed by atoms with Gasteiger partial charge in [0.15, 0.2) is 0 Å². The number of hydrogen-bond donors (Lipinski definition) is 0. The van der Waals surface area contributed by atoms with Crippen molar-refractivity contribution in [3.05, 3.63) is 14.7 Å². The summed E-state index contributed by atoms with van der Waals surface area (Å²) in [4.78, 5) is 1.15. The quantitative estimate of drug-likeness (QED) is 0.612. The smallest absolute Gasteiger partial charge is 0.244 e. The van der Waals surface area contributed by atoms with E-state index in [-0.39, 0.29) is 0 Å². The van der Waals surface area contributed by atoms with Crippen LogP contribution in [0.3, 0.4) is 0 Å². The molecule has 0 fully saturated rings. The van der Waals surface area contributed by atoms with Gasteiger partial charge >= 0.3 is 0 Å². The summed E-state index contributed by atoms with van der Waals surface area (Å²) >= 11 is 4.75. The Kier molecular flexibility index (Phi) is 7.63. The maximum atomic E-state index is 12.7. The first-order valence-corrected chi connectivity index (χ1v) is 9.22. The zero-order valence-corrected chi connectivity index (χ0v) is 15.1. The largest absolute Gasteiger partial charge is 0.385 e. The summed E-state index contributed by atoms with van der Waals surface area (Å²) in [5, 5.41) is 0. The molecule has 5 nitrogen and oxygen atoms in total. The minimum Gasteiger partial charge on any atom is -0.385 e. The molecule has 0 N–H and O–H groups in total. The minimum absolute atomic E-state index is 0.343. The van der Waals surface area contributed by atoms with E-state index in [2.05, 4.69) is 15.9 Å². The highest BCUT2D eigenvalue weighted by Gasteiger charge is 2.27. The number of rotatable bonds is 9. The van der Waals surface area contributed by atoms with Crippen molar-refractivity contribution < 1.29 is 17.9 Å². The van der Waals surface area contributed by atoms with Gasteiger partial charge in [-0.15, -0.1) is 11.3 Å². The Balaban J connectivity index is 2.94. The van der Waals surface area contributed by atoms with Crippen LogP contribution in [-0.2, 0) is 19.5 Å². The van der Waals surface area contributed by atoms with E-state index in [0.717, 1.165) is 8.66 Å². The maximum absolute atomic E-state index is 12.7. The van der Waals surface area contributed by atoms with Crippen LogP contribution in [0.1, 0.15) is 11.3 Å². The third-order valence-corrected chi connectivity index (χ3v) is 6.47. The van der Waals surface area contributed by atoms with Crippen LogP contribution in [0.5, 0.6) is 0 Å². The lowest BCUT2D eigenvalue weighted by molar-refractivity contribution is 0.164. The predicted octanol–water partition coefficient (Wildman–Crippen LogP) is 2.49. The summed E-state index contributed by atoms with van der Waals surface area (Å²) in [6.45, 7) is 3.48. The lowest BCUT2D eigenvalue weighted by atomic mass is 10.4. The fourth-order valence-electron chi connectivity index (χ4n) is 1.76. The molecule has 1 aromatic heterocycles. The van der Waals surface area contributed by atoms with E-state index >= 15 is 0 Å². The van der Waals surface area contributed by atoms with Crippen molar-refractivity contribution >= 4 is 37.3 Å². The lowest BCUT2D eigenvalue weighted by Gasteiger charge is -2.21. The number of thiophene rings is 1. The van der Waals surface area contributed by atoms with Gasteiger partial charge in [0, 0.05) is 38.8 Å². The molecule has 20 heavy (non-hydrogen) atoms. The summed E-state index contributed by atoms with van der Waals surface area (Å²) in [6, 6.07) is 1.66. The number of methoxy groups -OCH3 is 2. The first kappa shape index (κ1) is 18.1. The highest BCUT2D eigenvalue weighted by molar-refractivity contribution is 9.11. The van der Waals surface area contributed by atoms with Gasteiger partial charge in [-0.2, -0.15) is 4.31 Å². The van der Waals surface area contributed by atoms with Crippen LogP contribution in [0, 0.1) is 6.92 Å². The molecule has 0 saturated heterocycles. The molecule has 0 atom stereocenters.